The molecule has 32 heavy (non-hydrogen) atoms. The van der Waals surface area contributed by atoms with Crippen LogP contribution in [0.4, 0.5) is 10.1 Å². The van der Waals surface area contributed by atoms with Crippen LogP contribution in [0, 0.1) is 15.9 Å². The summed E-state index contributed by atoms with van der Waals surface area (Å²) in [7, 11) is 0. The van der Waals surface area contributed by atoms with Crippen molar-refractivity contribution in [2.24, 2.45) is 0 Å². The maximum absolute atomic E-state index is 13.1. The van der Waals surface area contributed by atoms with Gasteiger partial charge in [-0.3, -0.25) is 24.8 Å². The molecule has 0 radical (unpaired) electrons. The van der Waals surface area contributed by atoms with Crippen LogP contribution in [0.2, 0.25) is 0 Å². The van der Waals surface area contributed by atoms with E-state index < -0.39 is 4.92 Å². The highest BCUT2D eigenvalue weighted by atomic mass is 19.1. The van der Waals surface area contributed by atoms with E-state index in [0.29, 0.717) is 42.6 Å². The number of fused-ring (bicyclic) bond motifs is 1. The Morgan fingerprint density at radius 3 is 2.75 bits per heavy atom. The monoisotopic (exact) mass is 434 g/mol. The molecule has 4 rings (SSSR count). The topological polar surface area (TPSA) is 79.6 Å². The van der Waals surface area contributed by atoms with Crippen LogP contribution < -0.4 is 0 Å². The van der Waals surface area contributed by atoms with E-state index in [1.54, 1.807) is 41.4 Å². The van der Waals surface area contributed by atoms with Crippen molar-refractivity contribution in [2.45, 2.75) is 19.5 Å². The van der Waals surface area contributed by atoms with Gasteiger partial charge in [-0.15, -0.1) is 0 Å². The number of halogens is 1. The molecule has 0 saturated carbocycles. The summed E-state index contributed by atoms with van der Waals surface area (Å²) < 4.78 is 13.1. The van der Waals surface area contributed by atoms with Crippen molar-refractivity contribution in [2.75, 3.05) is 19.6 Å². The first kappa shape index (κ1) is 21.6. The van der Waals surface area contributed by atoms with Crippen LogP contribution in [-0.4, -0.2) is 51.3 Å². The Morgan fingerprint density at radius 2 is 2.03 bits per heavy atom. The molecule has 1 aliphatic rings. The van der Waals surface area contributed by atoms with Gasteiger partial charge in [0.15, 0.2) is 0 Å². The van der Waals surface area contributed by atoms with E-state index in [2.05, 4.69) is 9.88 Å². The predicted molar refractivity (Wildman–Crippen MR) is 120 cm³/mol. The van der Waals surface area contributed by atoms with Gasteiger partial charge in [-0.05, 0) is 42.8 Å². The molecular weight excluding hydrogens is 411 g/mol. The Bertz CT molecular complexity index is 1180. The van der Waals surface area contributed by atoms with Crippen LogP contribution in [-0.2, 0) is 11.3 Å². The number of rotatable bonds is 5. The number of nitro groups is 1. The zero-order valence-corrected chi connectivity index (χ0v) is 17.6. The quantitative estimate of drug-likeness (QED) is 0.344. The molecule has 7 nitrogen and oxygen atoms in total. The standard InChI is InChI=1S/C24H23FN4O3/c1-17-15-27(16-18-4-7-21(25)8-5-18)11-12-28(17)24(30)9-6-20-13-22-19(3-2-10-26-22)14-23(20)29(31)32/h2-10,13-14,17H,11-12,15-16H2,1H3/t17-/m1/s1. The molecule has 0 spiro atoms. The second kappa shape index (κ2) is 9.23. The van der Waals surface area contributed by atoms with Crippen LogP contribution in [0.15, 0.2) is 60.8 Å². The lowest BCUT2D eigenvalue weighted by Gasteiger charge is -2.39. The minimum Gasteiger partial charge on any atom is -0.334 e. The lowest BCUT2D eigenvalue weighted by atomic mass is 10.1. The molecule has 0 unspecified atom stereocenters. The van der Waals surface area contributed by atoms with Crippen molar-refractivity contribution in [3.63, 3.8) is 0 Å². The number of hydrogen-bond acceptors (Lipinski definition) is 5. The largest absolute Gasteiger partial charge is 0.334 e. The number of nitrogens with zero attached hydrogens (tertiary/aromatic N) is 4. The summed E-state index contributed by atoms with van der Waals surface area (Å²) in [5.74, 6) is -0.443. The second-order valence-electron chi connectivity index (χ2n) is 7.94. The van der Waals surface area contributed by atoms with E-state index in [1.165, 1.54) is 30.4 Å². The third-order valence-corrected chi connectivity index (χ3v) is 5.67. The summed E-state index contributed by atoms with van der Waals surface area (Å²) in [6.07, 6.45) is 4.51. The van der Waals surface area contributed by atoms with Crippen LogP contribution in [0.5, 0.6) is 0 Å². The Hall–Kier alpha value is -3.65. The molecular formula is C24H23FN4O3. The summed E-state index contributed by atoms with van der Waals surface area (Å²) in [6, 6.07) is 13.0. The molecule has 2 aromatic carbocycles. The summed E-state index contributed by atoms with van der Waals surface area (Å²) >= 11 is 0. The highest BCUT2D eigenvalue weighted by Gasteiger charge is 2.26. The molecule has 1 saturated heterocycles. The molecule has 8 heteroatoms. The van der Waals surface area contributed by atoms with Gasteiger partial charge in [0.05, 0.1) is 16.0 Å². The summed E-state index contributed by atoms with van der Waals surface area (Å²) in [6.45, 7) is 4.61. The van der Waals surface area contributed by atoms with Crippen molar-refractivity contribution < 1.29 is 14.1 Å². The number of piperazine rings is 1. The van der Waals surface area contributed by atoms with Crippen LogP contribution in [0.25, 0.3) is 17.0 Å². The van der Waals surface area contributed by atoms with Gasteiger partial charge >= 0.3 is 0 Å². The Labute approximate surface area is 184 Å². The lowest BCUT2D eigenvalue weighted by molar-refractivity contribution is -0.384. The van der Waals surface area contributed by atoms with Crippen molar-refractivity contribution in [3.05, 3.63) is 87.9 Å². The molecule has 0 N–H and O–H groups in total. The van der Waals surface area contributed by atoms with E-state index in [-0.39, 0.29) is 23.5 Å². The maximum atomic E-state index is 13.1. The number of hydrogen-bond donors (Lipinski definition) is 0. The molecule has 0 aliphatic carbocycles. The minimum absolute atomic E-state index is 0.0189. The number of carbonyl (C=O) groups is 1. The fourth-order valence-corrected chi connectivity index (χ4v) is 4.02. The highest BCUT2D eigenvalue weighted by Crippen LogP contribution is 2.26. The summed E-state index contributed by atoms with van der Waals surface area (Å²) in [5.41, 5.74) is 1.94. The molecule has 1 aliphatic heterocycles. The number of pyridine rings is 1. The van der Waals surface area contributed by atoms with Gasteiger partial charge in [0.1, 0.15) is 5.82 Å². The fraction of sp³-hybridized carbons (Fsp3) is 0.250. The lowest BCUT2D eigenvalue weighted by Crippen LogP contribution is -2.53. The zero-order chi connectivity index (χ0) is 22.7. The van der Waals surface area contributed by atoms with Gasteiger partial charge in [-0.1, -0.05) is 18.2 Å². The molecule has 164 valence electrons. The number of nitro benzene ring substituents is 1. The van der Waals surface area contributed by atoms with Gasteiger partial charge in [-0.2, -0.15) is 0 Å². The molecule has 1 amide bonds. The average molecular weight is 434 g/mol. The zero-order valence-electron chi connectivity index (χ0n) is 17.6. The summed E-state index contributed by atoms with van der Waals surface area (Å²) in [4.78, 5) is 32.1. The Balaban J connectivity index is 1.44. The van der Waals surface area contributed by atoms with Crippen molar-refractivity contribution >= 4 is 28.6 Å². The SMILES string of the molecule is C[C@@H]1CN(Cc2ccc(F)cc2)CCN1C(=O)C=Cc1cc2ncccc2cc1[N+](=O)[O-]. The van der Waals surface area contributed by atoms with Gasteiger partial charge in [-0.25, -0.2) is 4.39 Å². The van der Waals surface area contributed by atoms with E-state index in [1.807, 2.05) is 6.92 Å². The first-order chi connectivity index (χ1) is 15.4. The highest BCUT2D eigenvalue weighted by molar-refractivity contribution is 5.94. The van der Waals surface area contributed by atoms with Crippen LogP contribution >= 0.6 is 0 Å². The van der Waals surface area contributed by atoms with E-state index in [0.717, 1.165) is 5.56 Å². The van der Waals surface area contributed by atoms with Crippen molar-refractivity contribution in [1.29, 1.82) is 0 Å². The number of aromatic nitrogens is 1. The molecule has 0 bridgehead atoms. The fourth-order valence-electron chi connectivity index (χ4n) is 4.02. The second-order valence-corrected chi connectivity index (χ2v) is 7.94. The normalized spacial score (nSPS) is 17.2. The first-order valence-electron chi connectivity index (χ1n) is 10.4. The summed E-state index contributed by atoms with van der Waals surface area (Å²) in [5, 5.41) is 12.2. The van der Waals surface area contributed by atoms with Gasteiger partial charge < -0.3 is 4.90 Å². The minimum atomic E-state index is -0.451. The molecule has 1 fully saturated rings. The van der Waals surface area contributed by atoms with E-state index in [4.69, 9.17) is 0 Å². The van der Waals surface area contributed by atoms with Crippen LogP contribution in [0.3, 0.4) is 0 Å². The predicted octanol–water partition coefficient (Wildman–Crippen LogP) is 4.03. The van der Waals surface area contributed by atoms with Crippen molar-refractivity contribution in [1.82, 2.24) is 14.8 Å². The number of carbonyl (C=O) groups excluding carboxylic acids is 1. The van der Waals surface area contributed by atoms with E-state index >= 15 is 0 Å². The van der Waals surface area contributed by atoms with E-state index in [9.17, 15) is 19.3 Å². The third kappa shape index (κ3) is 4.81. The van der Waals surface area contributed by atoms with Crippen molar-refractivity contribution in [3.8, 4) is 0 Å². The maximum Gasteiger partial charge on any atom is 0.277 e. The van der Waals surface area contributed by atoms with Gasteiger partial charge in [0.2, 0.25) is 5.91 Å². The Kier molecular flexibility index (Phi) is 6.23. The first-order valence-corrected chi connectivity index (χ1v) is 10.4. The molecule has 3 aromatic rings. The van der Waals surface area contributed by atoms with Crippen LogP contribution in [0.1, 0.15) is 18.1 Å². The number of amides is 1. The molecule has 1 aromatic heterocycles. The van der Waals surface area contributed by atoms with Gasteiger partial charge in [0.25, 0.3) is 5.69 Å². The molecule has 1 atom stereocenters. The smallest absolute Gasteiger partial charge is 0.277 e. The molecule has 2 heterocycles. The van der Waals surface area contributed by atoms with Gasteiger partial charge in [0, 0.05) is 55.9 Å². The third-order valence-electron chi connectivity index (χ3n) is 5.67. The number of benzene rings is 2. The Morgan fingerprint density at radius 1 is 1.25 bits per heavy atom. The average Bonchev–Trinajstić information content (AvgIpc) is 2.78.